The zero-order valence-corrected chi connectivity index (χ0v) is 9.93. The van der Waals surface area contributed by atoms with E-state index in [2.05, 4.69) is 25.1 Å². The van der Waals surface area contributed by atoms with Crippen LogP contribution in [-0.2, 0) is 6.42 Å². The van der Waals surface area contributed by atoms with E-state index < -0.39 is 0 Å². The minimum atomic E-state index is 0.824. The van der Waals surface area contributed by atoms with Crippen molar-refractivity contribution in [2.24, 2.45) is 5.92 Å². The summed E-state index contributed by atoms with van der Waals surface area (Å²) in [6, 6.07) is 8.20. The Morgan fingerprint density at radius 2 is 2.00 bits per heavy atom. The Morgan fingerprint density at radius 1 is 1.27 bits per heavy atom. The summed E-state index contributed by atoms with van der Waals surface area (Å²) in [7, 11) is 0. The molecule has 0 radical (unpaired) electrons. The van der Waals surface area contributed by atoms with Gasteiger partial charge in [0.1, 0.15) is 0 Å². The number of rotatable bonds is 2. The maximum absolute atomic E-state index is 5.86. The highest BCUT2D eigenvalue weighted by Crippen LogP contribution is 2.25. The van der Waals surface area contributed by atoms with Gasteiger partial charge in [0, 0.05) is 5.02 Å². The number of benzene rings is 1. The average molecular weight is 221 g/mol. The average Bonchev–Trinajstić information content (AvgIpc) is 2.25. The highest BCUT2D eigenvalue weighted by Gasteiger charge is 2.09. The highest BCUT2D eigenvalue weighted by atomic mass is 35.5. The Hall–Kier alpha value is -0.750. The summed E-state index contributed by atoms with van der Waals surface area (Å²) >= 11 is 5.86. The van der Waals surface area contributed by atoms with Crippen LogP contribution in [0.15, 0.2) is 35.9 Å². The normalized spacial score (nSPS) is 21.2. The molecule has 2 rings (SSSR count). The minimum Gasteiger partial charge on any atom is -0.0847 e. The van der Waals surface area contributed by atoms with Crippen molar-refractivity contribution in [1.82, 2.24) is 0 Å². The van der Waals surface area contributed by atoms with E-state index in [4.69, 9.17) is 11.6 Å². The minimum absolute atomic E-state index is 0.824. The lowest BCUT2D eigenvalue weighted by atomic mass is 9.88. The molecule has 0 N–H and O–H groups in total. The van der Waals surface area contributed by atoms with E-state index in [0.717, 1.165) is 17.4 Å². The van der Waals surface area contributed by atoms with Crippen LogP contribution in [0.5, 0.6) is 0 Å². The van der Waals surface area contributed by atoms with Gasteiger partial charge in [-0.2, -0.15) is 0 Å². The number of hydrogen-bond acceptors (Lipinski definition) is 0. The van der Waals surface area contributed by atoms with Gasteiger partial charge in [-0.3, -0.25) is 0 Å². The van der Waals surface area contributed by atoms with Crippen LogP contribution in [0.2, 0.25) is 5.02 Å². The Balaban J connectivity index is 2.00. The fraction of sp³-hybridized carbons (Fsp3) is 0.429. The van der Waals surface area contributed by atoms with E-state index in [1.807, 2.05) is 12.1 Å². The third-order valence-corrected chi connectivity index (χ3v) is 3.36. The van der Waals surface area contributed by atoms with E-state index in [0.29, 0.717) is 0 Å². The van der Waals surface area contributed by atoms with Crippen molar-refractivity contribution >= 4 is 11.6 Å². The van der Waals surface area contributed by atoms with E-state index in [-0.39, 0.29) is 0 Å². The SMILES string of the molecule is CC1CC=C(Cc2ccc(Cl)cc2)CC1. The molecule has 1 aromatic carbocycles. The van der Waals surface area contributed by atoms with E-state index in [9.17, 15) is 0 Å². The Morgan fingerprint density at radius 3 is 2.60 bits per heavy atom. The van der Waals surface area contributed by atoms with Crippen LogP contribution in [0.25, 0.3) is 0 Å². The van der Waals surface area contributed by atoms with Crippen LogP contribution in [0.4, 0.5) is 0 Å². The molecule has 1 atom stereocenters. The predicted octanol–water partition coefficient (Wildman–Crippen LogP) is 4.63. The monoisotopic (exact) mass is 220 g/mol. The quantitative estimate of drug-likeness (QED) is 0.638. The molecule has 1 aliphatic carbocycles. The van der Waals surface area contributed by atoms with Gasteiger partial charge in [-0.05, 0) is 49.3 Å². The van der Waals surface area contributed by atoms with E-state index in [1.165, 1.54) is 24.8 Å². The van der Waals surface area contributed by atoms with Gasteiger partial charge >= 0.3 is 0 Å². The fourth-order valence-electron chi connectivity index (χ4n) is 2.04. The van der Waals surface area contributed by atoms with Gasteiger partial charge in [0.05, 0.1) is 0 Å². The van der Waals surface area contributed by atoms with Crippen LogP contribution in [0, 0.1) is 5.92 Å². The molecule has 1 aliphatic rings. The van der Waals surface area contributed by atoms with E-state index >= 15 is 0 Å². The number of halogens is 1. The molecule has 0 saturated heterocycles. The van der Waals surface area contributed by atoms with Crippen LogP contribution in [-0.4, -0.2) is 0 Å². The zero-order chi connectivity index (χ0) is 10.7. The summed E-state index contributed by atoms with van der Waals surface area (Å²) < 4.78 is 0. The van der Waals surface area contributed by atoms with Gasteiger partial charge in [0.15, 0.2) is 0 Å². The molecule has 1 heteroatoms. The van der Waals surface area contributed by atoms with Crippen LogP contribution in [0.3, 0.4) is 0 Å². The van der Waals surface area contributed by atoms with Gasteiger partial charge in [0.2, 0.25) is 0 Å². The first-order valence-corrected chi connectivity index (χ1v) is 6.04. The standard InChI is InChI=1S/C14H17Cl/c1-11-2-4-12(5-3-11)10-13-6-8-14(15)9-7-13/h4,6-9,11H,2-3,5,10H2,1H3. The molecule has 0 bridgehead atoms. The molecule has 80 valence electrons. The highest BCUT2D eigenvalue weighted by molar-refractivity contribution is 6.30. The zero-order valence-electron chi connectivity index (χ0n) is 9.17. The molecule has 0 aliphatic heterocycles. The molecule has 0 spiro atoms. The topological polar surface area (TPSA) is 0 Å². The lowest BCUT2D eigenvalue weighted by molar-refractivity contribution is 0.509. The molecule has 0 fully saturated rings. The van der Waals surface area contributed by atoms with Crippen molar-refractivity contribution < 1.29 is 0 Å². The van der Waals surface area contributed by atoms with Crippen molar-refractivity contribution in [3.8, 4) is 0 Å². The molecule has 0 nitrogen and oxygen atoms in total. The second-order valence-electron chi connectivity index (χ2n) is 4.55. The van der Waals surface area contributed by atoms with Crippen molar-refractivity contribution in [3.05, 3.63) is 46.5 Å². The summed E-state index contributed by atoms with van der Waals surface area (Å²) in [5, 5.41) is 0.824. The molecule has 0 heterocycles. The first kappa shape index (κ1) is 10.8. The maximum atomic E-state index is 5.86. The molecule has 0 saturated carbocycles. The van der Waals surface area contributed by atoms with Crippen molar-refractivity contribution in [2.45, 2.75) is 32.6 Å². The van der Waals surface area contributed by atoms with Crippen molar-refractivity contribution in [3.63, 3.8) is 0 Å². The lowest BCUT2D eigenvalue weighted by Crippen LogP contribution is -2.03. The van der Waals surface area contributed by atoms with Crippen molar-refractivity contribution in [2.75, 3.05) is 0 Å². The third-order valence-electron chi connectivity index (χ3n) is 3.11. The van der Waals surface area contributed by atoms with Gasteiger partial charge in [0.25, 0.3) is 0 Å². The fourth-order valence-corrected chi connectivity index (χ4v) is 2.17. The maximum Gasteiger partial charge on any atom is 0.0406 e. The van der Waals surface area contributed by atoms with E-state index in [1.54, 1.807) is 5.57 Å². The van der Waals surface area contributed by atoms with Gasteiger partial charge in [-0.25, -0.2) is 0 Å². The van der Waals surface area contributed by atoms with Gasteiger partial charge < -0.3 is 0 Å². The summed E-state index contributed by atoms with van der Waals surface area (Å²) in [4.78, 5) is 0. The number of allylic oxidation sites excluding steroid dienone is 2. The second kappa shape index (κ2) is 4.85. The second-order valence-corrected chi connectivity index (χ2v) is 4.98. The molecule has 0 aromatic heterocycles. The summed E-state index contributed by atoms with van der Waals surface area (Å²) in [5.41, 5.74) is 2.97. The Kier molecular flexibility index (Phi) is 3.48. The smallest absolute Gasteiger partial charge is 0.0406 e. The summed E-state index contributed by atoms with van der Waals surface area (Å²) in [6.07, 6.45) is 7.39. The third kappa shape index (κ3) is 3.10. The summed E-state index contributed by atoms with van der Waals surface area (Å²) in [5.74, 6) is 0.874. The molecular formula is C14H17Cl. The van der Waals surface area contributed by atoms with Gasteiger partial charge in [-0.15, -0.1) is 0 Å². The molecule has 1 aromatic rings. The Bertz CT molecular complexity index is 348. The van der Waals surface area contributed by atoms with Crippen molar-refractivity contribution in [1.29, 1.82) is 0 Å². The van der Waals surface area contributed by atoms with Crippen LogP contribution >= 0.6 is 11.6 Å². The lowest BCUT2D eigenvalue weighted by Gasteiger charge is -2.18. The van der Waals surface area contributed by atoms with Crippen LogP contribution in [0.1, 0.15) is 31.7 Å². The summed E-state index contributed by atoms with van der Waals surface area (Å²) in [6.45, 7) is 2.33. The Labute approximate surface area is 97.0 Å². The molecule has 15 heavy (non-hydrogen) atoms. The number of hydrogen-bond donors (Lipinski definition) is 0. The molecular weight excluding hydrogens is 204 g/mol. The van der Waals surface area contributed by atoms with Crippen LogP contribution < -0.4 is 0 Å². The predicted molar refractivity (Wildman–Crippen MR) is 66.3 cm³/mol. The molecule has 1 unspecified atom stereocenters. The van der Waals surface area contributed by atoms with Gasteiger partial charge in [-0.1, -0.05) is 42.3 Å². The largest absolute Gasteiger partial charge is 0.0847 e. The molecule has 0 amide bonds. The first-order chi connectivity index (χ1) is 7.24. The first-order valence-electron chi connectivity index (χ1n) is 5.66.